The molecule has 0 unspecified atom stereocenters. The average Bonchev–Trinajstić information content (AvgIpc) is 2.73. The van der Waals surface area contributed by atoms with Crippen LogP contribution in [-0.4, -0.2) is 38.4 Å². The highest BCUT2D eigenvalue weighted by Crippen LogP contribution is 2.35. The van der Waals surface area contributed by atoms with Gasteiger partial charge >= 0.3 is 17.6 Å². The van der Waals surface area contributed by atoms with Crippen molar-refractivity contribution in [3.05, 3.63) is 46.3 Å². The Hall–Kier alpha value is -3.29. The lowest BCUT2D eigenvalue weighted by Crippen LogP contribution is -2.19. The summed E-state index contributed by atoms with van der Waals surface area (Å²) >= 11 is 0. The quantitative estimate of drug-likeness (QED) is 0.236. The van der Waals surface area contributed by atoms with Crippen LogP contribution in [0.15, 0.2) is 39.6 Å². The van der Waals surface area contributed by atoms with E-state index in [0.29, 0.717) is 30.1 Å². The minimum absolute atomic E-state index is 0.149. The maximum absolute atomic E-state index is 12.4. The summed E-state index contributed by atoms with van der Waals surface area (Å²) in [5.41, 5.74) is -0.688. The Bertz CT molecular complexity index is 973. The van der Waals surface area contributed by atoms with Crippen molar-refractivity contribution in [1.82, 2.24) is 0 Å². The van der Waals surface area contributed by atoms with E-state index in [-0.39, 0.29) is 29.9 Å². The summed E-state index contributed by atoms with van der Waals surface area (Å²) in [6.45, 7) is 9.43. The number of rotatable bonds is 11. The van der Waals surface area contributed by atoms with Gasteiger partial charge in [0.15, 0.2) is 11.3 Å². The molecule has 0 saturated heterocycles. The zero-order valence-electron chi connectivity index (χ0n) is 17.4. The summed E-state index contributed by atoms with van der Waals surface area (Å²) in [6, 6.07) is 4.76. The smallest absolute Gasteiger partial charge is 0.351 e. The molecule has 1 aromatic heterocycles. The fourth-order valence-electron chi connectivity index (χ4n) is 2.42. The molecule has 1 aromatic carbocycles. The monoisotopic (exact) mass is 418 g/mol. The molecule has 0 amide bonds. The van der Waals surface area contributed by atoms with Crippen LogP contribution in [0.5, 0.6) is 11.5 Å². The molecular formula is C22H26O8. The van der Waals surface area contributed by atoms with Gasteiger partial charge < -0.3 is 23.4 Å². The van der Waals surface area contributed by atoms with Crippen molar-refractivity contribution >= 4 is 22.9 Å². The van der Waals surface area contributed by atoms with Crippen LogP contribution in [0.4, 0.5) is 0 Å². The zero-order chi connectivity index (χ0) is 22.1. The molecule has 0 atom stereocenters. The lowest BCUT2D eigenvalue weighted by Gasteiger charge is -2.14. The number of ether oxygens (including phenoxy) is 4. The highest BCUT2D eigenvalue weighted by molar-refractivity contribution is 5.94. The van der Waals surface area contributed by atoms with Crippen molar-refractivity contribution in [2.75, 3.05) is 26.4 Å². The first-order valence-electron chi connectivity index (χ1n) is 9.75. The van der Waals surface area contributed by atoms with Gasteiger partial charge in [0.05, 0.1) is 13.2 Å². The van der Waals surface area contributed by atoms with Gasteiger partial charge in [-0.3, -0.25) is 0 Å². The van der Waals surface area contributed by atoms with Crippen LogP contribution in [0.2, 0.25) is 0 Å². The SMILES string of the molecule is C=C(C)C(=O)OCCOC(=O)c1cc2ccc(OCCC)c(OCCC)c2oc1=O. The largest absolute Gasteiger partial charge is 0.490 e. The van der Waals surface area contributed by atoms with E-state index in [4.69, 9.17) is 23.4 Å². The molecule has 2 aromatic rings. The zero-order valence-corrected chi connectivity index (χ0v) is 17.4. The summed E-state index contributed by atoms with van der Waals surface area (Å²) in [6.07, 6.45) is 1.57. The summed E-state index contributed by atoms with van der Waals surface area (Å²) in [5.74, 6) is -0.668. The second-order valence-corrected chi connectivity index (χ2v) is 6.51. The third-order valence-corrected chi connectivity index (χ3v) is 3.85. The first kappa shape index (κ1) is 23.0. The van der Waals surface area contributed by atoms with Crippen LogP contribution in [-0.2, 0) is 14.3 Å². The van der Waals surface area contributed by atoms with E-state index in [1.807, 2.05) is 13.8 Å². The molecule has 0 fully saturated rings. The van der Waals surface area contributed by atoms with Gasteiger partial charge in [-0.05, 0) is 38.0 Å². The highest BCUT2D eigenvalue weighted by Gasteiger charge is 2.20. The van der Waals surface area contributed by atoms with Crippen molar-refractivity contribution in [1.29, 1.82) is 0 Å². The Morgan fingerprint density at radius 1 is 1.00 bits per heavy atom. The van der Waals surface area contributed by atoms with Crippen molar-refractivity contribution < 1.29 is 33.0 Å². The average molecular weight is 418 g/mol. The van der Waals surface area contributed by atoms with Crippen molar-refractivity contribution in [3.63, 3.8) is 0 Å². The molecule has 0 spiro atoms. The van der Waals surface area contributed by atoms with E-state index < -0.39 is 17.6 Å². The van der Waals surface area contributed by atoms with Gasteiger partial charge in [0.25, 0.3) is 0 Å². The molecule has 8 nitrogen and oxygen atoms in total. The van der Waals surface area contributed by atoms with Gasteiger partial charge in [-0.25, -0.2) is 14.4 Å². The van der Waals surface area contributed by atoms with Crippen molar-refractivity contribution in [2.45, 2.75) is 33.6 Å². The van der Waals surface area contributed by atoms with E-state index in [1.165, 1.54) is 13.0 Å². The summed E-state index contributed by atoms with van der Waals surface area (Å²) in [4.78, 5) is 36.0. The molecule has 0 radical (unpaired) electrons. The van der Waals surface area contributed by atoms with Crippen molar-refractivity contribution in [3.8, 4) is 11.5 Å². The highest BCUT2D eigenvalue weighted by atomic mass is 16.6. The number of carbonyl (C=O) groups excluding carboxylic acids is 2. The fraction of sp³-hybridized carbons (Fsp3) is 0.409. The van der Waals surface area contributed by atoms with Gasteiger partial charge in [-0.2, -0.15) is 0 Å². The van der Waals surface area contributed by atoms with Crippen molar-refractivity contribution in [2.24, 2.45) is 0 Å². The van der Waals surface area contributed by atoms with Crippen LogP contribution >= 0.6 is 0 Å². The van der Waals surface area contributed by atoms with E-state index >= 15 is 0 Å². The number of benzene rings is 1. The molecule has 0 aliphatic rings. The molecule has 162 valence electrons. The number of fused-ring (bicyclic) bond motifs is 1. The van der Waals surface area contributed by atoms with Crippen LogP contribution in [0.1, 0.15) is 44.0 Å². The summed E-state index contributed by atoms with van der Waals surface area (Å²) in [7, 11) is 0. The maximum atomic E-state index is 12.4. The third-order valence-electron chi connectivity index (χ3n) is 3.85. The number of esters is 2. The predicted octanol–water partition coefficient (Wildman–Crippen LogP) is 3.65. The van der Waals surface area contributed by atoms with E-state index in [1.54, 1.807) is 12.1 Å². The third kappa shape index (κ3) is 5.85. The number of hydrogen-bond donors (Lipinski definition) is 0. The van der Waals surface area contributed by atoms with E-state index in [0.717, 1.165) is 12.8 Å². The first-order chi connectivity index (χ1) is 14.4. The molecule has 30 heavy (non-hydrogen) atoms. The Kier molecular flexibility index (Phi) is 8.46. The van der Waals surface area contributed by atoms with Gasteiger partial charge in [0, 0.05) is 11.0 Å². The van der Waals surface area contributed by atoms with Gasteiger partial charge in [-0.15, -0.1) is 0 Å². The second-order valence-electron chi connectivity index (χ2n) is 6.51. The van der Waals surface area contributed by atoms with Crippen LogP contribution in [0.25, 0.3) is 11.0 Å². The van der Waals surface area contributed by atoms with Gasteiger partial charge in [-0.1, -0.05) is 20.4 Å². The van der Waals surface area contributed by atoms with Crippen LogP contribution in [0, 0.1) is 0 Å². The van der Waals surface area contributed by atoms with E-state index in [9.17, 15) is 14.4 Å². The Balaban J connectivity index is 2.23. The fourth-order valence-corrected chi connectivity index (χ4v) is 2.42. The molecule has 0 aliphatic heterocycles. The Morgan fingerprint density at radius 2 is 1.67 bits per heavy atom. The summed E-state index contributed by atoms with van der Waals surface area (Å²) in [5, 5.41) is 0.491. The molecule has 1 heterocycles. The number of carbonyl (C=O) groups is 2. The Morgan fingerprint density at radius 3 is 2.33 bits per heavy atom. The van der Waals surface area contributed by atoms with Crippen LogP contribution in [0.3, 0.4) is 0 Å². The number of hydrogen-bond acceptors (Lipinski definition) is 8. The van der Waals surface area contributed by atoms with Crippen LogP contribution < -0.4 is 15.1 Å². The van der Waals surface area contributed by atoms with Gasteiger partial charge in [0.2, 0.25) is 5.75 Å². The molecule has 0 saturated carbocycles. The maximum Gasteiger partial charge on any atom is 0.351 e. The first-order valence-corrected chi connectivity index (χ1v) is 9.75. The molecule has 0 aliphatic carbocycles. The lowest BCUT2D eigenvalue weighted by atomic mass is 10.1. The predicted molar refractivity (Wildman–Crippen MR) is 110 cm³/mol. The molecule has 0 N–H and O–H groups in total. The molecule has 8 heteroatoms. The van der Waals surface area contributed by atoms with E-state index in [2.05, 4.69) is 6.58 Å². The summed E-state index contributed by atoms with van der Waals surface area (Å²) < 4.78 is 26.6. The standard InChI is InChI=1S/C22H26O8/c1-5-9-26-17-8-7-15-13-16(21(24)29-12-11-28-20(23)14(3)4)22(25)30-18(15)19(17)27-10-6-2/h7-8,13H,3,5-6,9-12H2,1-2,4H3. The normalized spacial score (nSPS) is 10.5. The lowest BCUT2D eigenvalue weighted by molar-refractivity contribution is -0.140. The van der Waals surface area contributed by atoms with Gasteiger partial charge in [0.1, 0.15) is 18.8 Å². The Labute approximate surface area is 174 Å². The second kappa shape index (κ2) is 11.0. The minimum Gasteiger partial charge on any atom is -0.490 e. The molecule has 0 bridgehead atoms. The topological polar surface area (TPSA) is 101 Å². The molecular weight excluding hydrogens is 392 g/mol. The molecule has 2 rings (SSSR count). The minimum atomic E-state index is -0.876.